The number of thiazole rings is 1. The summed E-state index contributed by atoms with van der Waals surface area (Å²) in [6.07, 6.45) is 1.81. The summed E-state index contributed by atoms with van der Waals surface area (Å²) < 4.78 is 19.0. The second kappa shape index (κ2) is 11.5. The Hall–Kier alpha value is -4.95. The van der Waals surface area contributed by atoms with Gasteiger partial charge < -0.3 is 14.2 Å². The van der Waals surface area contributed by atoms with Crippen molar-refractivity contribution in [2.24, 2.45) is 4.99 Å². The zero-order valence-electron chi connectivity index (χ0n) is 23.4. The van der Waals surface area contributed by atoms with Crippen molar-refractivity contribution in [3.05, 3.63) is 139 Å². The number of methoxy groups -OCH3 is 2. The molecule has 5 aromatic rings. The molecule has 0 unspecified atom stereocenters. The fourth-order valence-corrected chi connectivity index (χ4v) is 6.31. The Labute approximate surface area is 246 Å². The van der Waals surface area contributed by atoms with Crippen LogP contribution in [0.25, 0.3) is 16.8 Å². The lowest BCUT2D eigenvalue weighted by atomic mass is 9.96. The molecule has 0 saturated carbocycles. The number of nitrogens with zero attached hydrogens (tertiary/aromatic N) is 2. The van der Waals surface area contributed by atoms with Gasteiger partial charge in [-0.3, -0.25) is 9.36 Å². The van der Waals surface area contributed by atoms with Gasteiger partial charge in [-0.25, -0.2) is 9.79 Å². The smallest absolute Gasteiger partial charge is 0.338 e. The minimum absolute atomic E-state index is 0.239. The van der Waals surface area contributed by atoms with Gasteiger partial charge in [-0.05, 0) is 52.6 Å². The van der Waals surface area contributed by atoms with Crippen LogP contribution in [0.5, 0.6) is 11.5 Å². The van der Waals surface area contributed by atoms with Crippen LogP contribution in [0.2, 0.25) is 0 Å². The van der Waals surface area contributed by atoms with Gasteiger partial charge in [0.2, 0.25) is 0 Å². The summed E-state index contributed by atoms with van der Waals surface area (Å²) >= 11 is 1.28. The number of benzene rings is 4. The number of carbonyl (C=O) groups excluding carboxylic acids is 1. The average Bonchev–Trinajstić information content (AvgIpc) is 3.33. The van der Waals surface area contributed by atoms with Crippen molar-refractivity contribution in [2.45, 2.75) is 19.6 Å². The van der Waals surface area contributed by atoms with Gasteiger partial charge in [-0.15, -0.1) is 0 Å². The standard InChI is InChI=1S/C34H28N2O5S/c1-21-30(33(38)40-3)31(24-11-5-4-6-12-24)36-32(37)29(42-34(36)35-21)19-22-16-17-27(28(18-22)39-2)41-20-25-14-9-13-23-10-7-8-15-26(23)25/h4-19,31H,20H2,1-3H3/b29-19-/t31-/m1/s1. The molecule has 0 spiro atoms. The Bertz CT molecular complexity index is 2020. The van der Waals surface area contributed by atoms with E-state index in [4.69, 9.17) is 14.2 Å². The van der Waals surface area contributed by atoms with E-state index in [1.165, 1.54) is 18.4 Å². The number of fused-ring (bicyclic) bond motifs is 2. The molecule has 4 aromatic carbocycles. The van der Waals surface area contributed by atoms with Crippen LogP contribution < -0.4 is 24.4 Å². The first kappa shape index (κ1) is 27.2. The maximum absolute atomic E-state index is 13.8. The Morgan fingerprint density at radius 3 is 2.50 bits per heavy atom. The lowest BCUT2D eigenvalue weighted by Crippen LogP contribution is -2.39. The molecule has 210 valence electrons. The lowest BCUT2D eigenvalue weighted by molar-refractivity contribution is -0.136. The summed E-state index contributed by atoms with van der Waals surface area (Å²) in [5.41, 5.74) is 3.28. The number of aromatic nitrogens is 1. The number of allylic oxidation sites excluding steroid dienone is 1. The predicted octanol–water partition coefficient (Wildman–Crippen LogP) is 5.15. The summed E-state index contributed by atoms with van der Waals surface area (Å²) in [7, 11) is 2.92. The molecule has 1 aliphatic rings. The molecule has 1 aromatic heterocycles. The molecule has 0 saturated heterocycles. The Kier molecular flexibility index (Phi) is 7.46. The van der Waals surface area contributed by atoms with Gasteiger partial charge in [0.25, 0.3) is 5.56 Å². The molecule has 0 aliphatic carbocycles. The van der Waals surface area contributed by atoms with Gasteiger partial charge in [-0.2, -0.15) is 0 Å². The van der Waals surface area contributed by atoms with Crippen molar-refractivity contribution in [3.8, 4) is 11.5 Å². The van der Waals surface area contributed by atoms with Crippen LogP contribution in [0.3, 0.4) is 0 Å². The number of hydrogen-bond donors (Lipinski definition) is 0. The number of hydrogen-bond acceptors (Lipinski definition) is 7. The maximum atomic E-state index is 13.8. The van der Waals surface area contributed by atoms with Crippen LogP contribution in [0.1, 0.15) is 29.7 Å². The summed E-state index contributed by atoms with van der Waals surface area (Å²) in [5.74, 6) is 0.650. The summed E-state index contributed by atoms with van der Waals surface area (Å²) in [5, 5.41) is 2.30. The van der Waals surface area contributed by atoms with Gasteiger partial charge in [0.1, 0.15) is 6.61 Å². The van der Waals surface area contributed by atoms with Gasteiger partial charge in [0, 0.05) is 0 Å². The molecule has 7 nitrogen and oxygen atoms in total. The molecular formula is C34H28N2O5S. The predicted molar refractivity (Wildman–Crippen MR) is 163 cm³/mol. The average molecular weight is 577 g/mol. The topological polar surface area (TPSA) is 79.1 Å². The molecular weight excluding hydrogens is 548 g/mol. The fourth-order valence-electron chi connectivity index (χ4n) is 5.26. The lowest BCUT2D eigenvalue weighted by Gasteiger charge is -2.24. The normalized spacial score (nSPS) is 14.8. The van der Waals surface area contributed by atoms with Crippen molar-refractivity contribution in [1.82, 2.24) is 4.57 Å². The number of esters is 1. The second-order valence-corrected chi connectivity index (χ2v) is 10.8. The first-order chi connectivity index (χ1) is 20.5. The molecule has 8 heteroatoms. The minimum Gasteiger partial charge on any atom is -0.493 e. The van der Waals surface area contributed by atoms with Crippen LogP contribution in [0, 0.1) is 0 Å². The van der Waals surface area contributed by atoms with Gasteiger partial charge in [0.15, 0.2) is 16.3 Å². The third-order valence-electron chi connectivity index (χ3n) is 7.29. The quantitative estimate of drug-likeness (QED) is 0.251. The molecule has 1 aliphatic heterocycles. The van der Waals surface area contributed by atoms with Crippen molar-refractivity contribution in [3.63, 3.8) is 0 Å². The Morgan fingerprint density at radius 1 is 0.952 bits per heavy atom. The van der Waals surface area contributed by atoms with E-state index in [-0.39, 0.29) is 5.56 Å². The minimum atomic E-state index is -0.642. The van der Waals surface area contributed by atoms with E-state index in [0.717, 1.165) is 27.5 Å². The first-order valence-corrected chi connectivity index (χ1v) is 14.2. The highest BCUT2D eigenvalue weighted by atomic mass is 32.1. The van der Waals surface area contributed by atoms with Crippen molar-refractivity contribution in [2.75, 3.05) is 14.2 Å². The third kappa shape index (κ3) is 5.01. The van der Waals surface area contributed by atoms with E-state index in [1.54, 1.807) is 24.7 Å². The largest absolute Gasteiger partial charge is 0.493 e. The second-order valence-electron chi connectivity index (χ2n) is 9.82. The first-order valence-electron chi connectivity index (χ1n) is 13.4. The molecule has 6 rings (SSSR count). The number of carbonyl (C=O) groups is 1. The van der Waals surface area contributed by atoms with Crippen LogP contribution in [-0.4, -0.2) is 24.8 Å². The molecule has 0 fully saturated rings. The van der Waals surface area contributed by atoms with Crippen LogP contribution in [-0.2, 0) is 16.1 Å². The summed E-state index contributed by atoms with van der Waals surface area (Å²) in [6.45, 7) is 2.15. The van der Waals surface area contributed by atoms with Crippen molar-refractivity contribution >= 4 is 34.2 Å². The zero-order valence-corrected chi connectivity index (χ0v) is 24.2. The van der Waals surface area contributed by atoms with Crippen molar-refractivity contribution in [1.29, 1.82) is 0 Å². The van der Waals surface area contributed by atoms with E-state index in [1.807, 2.05) is 66.7 Å². The van der Waals surface area contributed by atoms with Gasteiger partial charge in [0.05, 0.1) is 36.1 Å². The van der Waals surface area contributed by atoms with E-state index < -0.39 is 12.0 Å². The monoisotopic (exact) mass is 576 g/mol. The Balaban J connectivity index is 1.36. The third-order valence-corrected chi connectivity index (χ3v) is 8.27. The highest BCUT2D eigenvalue weighted by Crippen LogP contribution is 2.31. The summed E-state index contributed by atoms with van der Waals surface area (Å²) in [4.78, 5) is 31.7. The number of rotatable bonds is 7. The van der Waals surface area contributed by atoms with E-state index >= 15 is 0 Å². The highest BCUT2D eigenvalue weighted by Gasteiger charge is 2.32. The molecule has 0 N–H and O–H groups in total. The van der Waals surface area contributed by atoms with Crippen LogP contribution in [0.4, 0.5) is 0 Å². The fraction of sp³-hybridized carbons (Fsp3) is 0.147. The van der Waals surface area contributed by atoms with Crippen LogP contribution >= 0.6 is 11.3 Å². The van der Waals surface area contributed by atoms with Gasteiger partial charge in [-0.1, -0.05) is 90.2 Å². The molecule has 2 heterocycles. The number of ether oxygens (including phenoxy) is 3. The highest BCUT2D eigenvalue weighted by molar-refractivity contribution is 7.07. The molecule has 1 atom stereocenters. The zero-order chi connectivity index (χ0) is 29.2. The maximum Gasteiger partial charge on any atom is 0.338 e. The van der Waals surface area contributed by atoms with Gasteiger partial charge >= 0.3 is 5.97 Å². The molecule has 0 bridgehead atoms. The van der Waals surface area contributed by atoms with E-state index in [2.05, 4.69) is 29.3 Å². The molecule has 0 radical (unpaired) electrons. The van der Waals surface area contributed by atoms with Crippen molar-refractivity contribution < 1.29 is 19.0 Å². The van der Waals surface area contributed by atoms with Crippen LogP contribution in [0.15, 0.2) is 112 Å². The summed E-state index contributed by atoms with van der Waals surface area (Å²) in [6, 6.07) is 28.7. The van der Waals surface area contributed by atoms with E-state index in [0.29, 0.717) is 38.7 Å². The van der Waals surface area contributed by atoms with E-state index in [9.17, 15) is 9.59 Å². The SMILES string of the molecule is COC(=O)C1=C(C)N=c2s/c(=C\c3ccc(OCc4cccc5ccccc45)c(OC)c3)c(=O)n2[C@@H]1c1ccccc1. The Morgan fingerprint density at radius 2 is 1.71 bits per heavy atom. The molecule has 42 heavy (non-hydrogen) atoms. The molecule has 0 amide bonds.